The second-order valence-electron chi connectivity index (χ2n) is 4.31. The molecule has 4 N–H and O–H groups in total. The summed E-state index contributed by atoms with van der Waals surface area (Å²) in [5.41, 5.74) is 7.71. The number of carbonyl (C=O) groups is 1. The van der Waals surface area contributed by atoms with Crippen LogP contribution in [-0.2, 0) is 6.54 Å². The highest BCUT2D eigenvalue weighted by molar-refractivity contribution is 5.94. The van der Waals surface area contributed by atoms with Crippen LogP contribution in [0.5, 0.6) is 0 Å². The topological polar surface area (TPSA) is 83.8 Å². The lowest BCUT2D eigenvalue weighted by molar-refractivity contribution is 0.0950. The molecule has 1 aromatic carbocycles. The van der Waals surface area contributed by atoms with E-state index in [1.807, 2.05) is 19.1 Å². The van der Waals surface area contributed by atoms with Crippen LogP contribution in [0.4, 0.5) is 0 Å². The van der Waals surface area contributed by atoms with Crippen LogP contribution in [0.15, 0.2) is 30.6 Å². The molecule has 0 aliphatic carbocycles. The van der Waals surface area contributed by atoms with Crippen LogP contribution >= 0.6 is 0 Å². The van der Waals surface area contributed by atoms with Gasteiger partial charge in [-0.2, -0.15) is 0 Å². The molecule has 5 heteroatoms. The van der Waals surface area contributed by atoms with Crippen molar-refractivity contribution in [3.63, 3.8) is 0 Å². The molecule has 1 aromatic heterocycles. The first-order valence-corrected chi connectivity index (χ1v) is 6.26. The lowest BCUT2D eigenvalue weighted by Crippen LogP contribution is -2.23. The lowest BCUT2D eigenvalue weighted by atomic mass is 10.1. The average Bonchev–Trinajstić information content (AvgIpc) is 2.95. The molecule has 2 rings (SSSR count). The Morgan fingerprint density at radius 3 is 3.00 bits per heavy atom. The van der Waals surface area contributed by atoms with Crippen molar-refractivity contribution in [2.75, 3.05) is 6.54 Å². The summed E-state index contributed by atoms with van der Waals surface area (Å²) in [7, 11) is 0. The molecule has 0 bridgehead atoms. The minimum Gasteiger partial charge on any atom is -0.347 e. The summed E-state index contributed by atoms with van der Waals surface area (Å²) in [6.07, 6.45) is 3.36. The number of rotatable bonds is 3. The maximum absolute atomic E-state index is 12.1. The molecule has 5 nitrogen and oxygen atoms in total. The van der Waals surface area contributed by atoms with Crippen molar-refractivity contribution in [3.05, 3.63) is 53.1 Å². The molecule has 0 saturated carbocycles. The average molecular weight is 268 g/mol. The number of imidazole rings is 1. The number of aryl methyl sites for hydroxylation is 1. The maximum atomic E-state index is 12.1. The maximum Gasteiger partial charge on any atom is 0.251 e. The van der Waals surface area contributed by atoms with Gasteiger partial charge in [-0.1, -0.05) is 11.8 Å². The molecule has 0 atom stereocenters. The Hall–Kier alpha value is -2.58. The Kier molecular flexibility index (Phi) is 4.53. The molecule has 1 amide bonds. The quantitative estimate of drug-likeness (QED) is 0.725. The van der Waals surface area contributed by atoms with Crippen LogP contribution in [0.3, 0.4) is 0 Å². The molecular weight excluding hydrogens is 252 g/mol. The van der Waals surface area contributed by atoms with E-state index in [1.54, 1.807) is 18.5 Å². The molecule has 0 unspecified atom stereocenters. The van der Waals surface area contributed by atoms with Gasteiger partial charge in [-0.15, -0.1) is 0 Å². The Bertz CT molecular complexity index is 650. The van der Waals surface area contributed by atoms with Gasteiger partial charge in [0.2, 0.25) is 0 Å². The van der Waals surface area contributed by atoms with Crippen molar-refractivity contribution in [1.82, 2.24) is 15.3 Å². The van der Waals surface area contributed by atoms with E-state index in [0.29, 0.717) is 24.5 Å². The second kappa shape index (κ2) is 6.55. The van der Waals surface area contributed by atoms with Crippen LogP contribution in [0.25, 0.3) is 0 Å². The molecule has 1 heterocycles. The number of nitrogens with two attached hydrogens (primary N) is 1. The lowest BCUT2D eigenvalue weighted by Gasteiger charge is -2.05. The predicted octanol–water partition coefficient (Wildman–Crippen LogP) is 0.958. The van der Waals surface area contributed by atoms with Crippen molar-refractivity contribution in [3.8, 4) is 11.8 Å². The third kappa shape index (κ3) is 3.70. The van der Waals surface area contributed by atoms with E-state index in [-0.39, 0.29) is 5.91 Å². The number of hydrogen-bond donors (Lipinski definition) is 3. The predicted molar refractivity (Wildman–Crippen MR) is 76.9 cm³/mol. The zero-order valence-corrected chi connectivity index (χ0v) is 11.2. The number of nitrogens with zero attached hydrogens (tertiary/aromatic N) is 1. The molecule has 0 radical (unpaired) electrons. The van der Waals surface area contributed by atoms with Gasteiger partial charge in [-0.3, -0.25) is 4.79 Å². The number of aromatic amines is 1. The molecule has 0 fully saturated rings. The van der Waals surface area contributed by atoms with Crippen molar-refractivity contribution in [2.24, 2.45) is 5.73 Å². The van der Waals surface area contributed by atoms with Crippen molar-refractivity contribution in [1.29, 1.82) is 0 Å². The fraction of sp³-hybridized carbons (Fsp3) is 0.200. The van der Waals surface area contributed by atoms with Crippen LogP contribution in [0.1, 0.15) is 27.3 Å². The van der Waals surface area contributed by atoms with Gasteiger partial charge >= 0.3 is 0 Å². The number of aromatic nitrogens is 2. The van der Waals surface area contributed by atoms with E-state index in [0.717, 1.165) is 11.1 Å². The number of hydrogen-bond acceptors (Lipinski definition) is 3. The van der Waals surface area contributed by atoms with Gasteiger partial charge in [-0.05, 0) is 30.7 Å². The Morgan fingerprint density at radius 2 is 2.30 bits per heavy atom. The van der Waals surface area contributed by atoms with Crippen LogP contribution in [-0.4, -0.2) is 22.4 Å². The largest absolute Gasteiger partial charge is 0.347 e. The summed E-state index contributed by atoms with van der Waals surface area (Å²) in [5, 5.41) is 2.81. The van der Waals surface area contributed by atoms with Crippen molar-refractivity contribution < 1.29 is 4.79 Å². The summed E-state index contributed by atoms with van der Waals surface area (Å²) in [6.45, 7) is 2.59. The van der Waals surface area contributed by atoms with E-state index in [2.05, 4.69) is 27.1 Å². The van der Waals surface area contributed by atoms with E-state index in [4.69, 9.17) is 5.73 Å². The van der Waals surface area contributed by atoms with Gasteiger partial charge in [0, 0.05) is 23.5 Å². The van der Waals surface area contributed by atoms with E-state index >= 15 is 0 Å². The fourth-order valence-corrected chi connectivity index (χ4v) is 1.80. The third-order valence-corrected chi connectivity index (χ3v) is 2.65. The first kappa shape index (κ1) is 13.8. The van der Waals surface area contributed by atoms with Crippen LogP contribution in [0, 0.1) is 18.8 Å². The van der Waals surface area contributed by atoms with Gasteiger partial charge in [0.05, 0.1) is 13.1 Å². The molecular formula is C15H16N4O. The smallest absolute Gasteiger partial charge is 0.251 e. The van der Waals surface area contributed by atoms with Crippen LogP contribution in [0.2, 0.25) is 0 Å². The minimum atomic E-state index is -0.152. The summed E-state index contributed by atoms with van der Waals surface area (Å²) >= 11 is 0. The highest BCUT2D eigenvalue weighted by Crippen LogP contribution is 2.09. The molecule has 0 aliphatic heterocycles. The highest BCUT2D eigenvalue weighted by Gasteiger charge is 2.07. The summed E-state index contributed by atoms with van der Waals surface area (Å²) in [5.74, 6) is 6.28. The summed E-state index contributed by atoms with van der Waals surface area (Å²) in [6, 6.07) is 5.50. The molecule has 102 valence electrons. The Labute approximate surface area is 117 Å². The first-order chi connectivity index (χ1) is 9.69. The zero-order valence-electron chi connectivity index (χ0n) is 11.2. The van der Waals surface area contributed by atoms with Crippen LogP contribution < -0.4 is 11.1 Å². The van der Waals surface area contributed by atoms with Crippen molar-refractivity contribution in [2.45, 2.75) is 13.5 Å². The van der Waals surface area contributed by atoms with E-state index in [9.17, 15) is 4.79 Å². The number of benzene rings is 1. The minimum absolute atomic E-state index is 0.152. The second-order valence-corrected chi connectivity index (χ2v) is 4.31. The highest BCUT2D eigenvalue weighted by atomic mass is 16.1. The Morgan fingerprint density at radius 1 is 1.45 bits per heavy atom. The monoisotopic (exact) mass is 268 g/mol. The van der Waals surface area contributed by atoms with Gasteiger partial charge in [-0.25, -0.2) is 4.98 Å². The molecule has 20 heavy (non-hydrogen) atoms. The number of nitrogens with one attached hydrogen (secondary N) is 2. The first-order valence-electron chi connectivity index (χ1n) is 6.26. The molecule has 2 aromatic rings. The summed E-state index contributed by atoms with van der Waals surface area (Å²) < 4.78 is 0. The molecule has 0 spiro atoms. The molecule has 0 aliphatic rings. The number of H-pyrrole nitrogens is 1. The summed E-state index contributed by atoms with van der Waals surface area (Å²) in [4.78, 5) is 19.1. The Balaban J connectivity index is 2.10. The number of amides is 1. The van der Waals surface area contributed by atoms with Gasteiger partial charge in [0.15, 0.2) is 0 Å². The normalized spacial score (nSPS) is 9.70. The SMILES string of the molecule is Cc1cc(C#CCN)cc(C(=O)NCc2ncc[nH]2)c1. The van der Waals surface area contributed by atoms with Gasteiger partial charge in [0.25, 0.3) is 5.91 Å². The standard InChI is InChI=1S/C15H16N4O/c1-11-7-12(3-2-4-16)9-13(8-11)15(20)19-10-14-17-5-6-18-14/h5-9H,4,10,16H2,1H3,(H,17,18)(H,19,20). The third-order valence-electron chi connectivity index (χ3n) is 2.65. The number of carbonyl (C=O) groups excluding carboxylic acids is 1. The van der Waals surface area contributed by atoms with Gasteiger partial charge < -0.3 is 16.0 Å². The molecule has 0 saturated heterocycles. The van der Waals surface area contributed by atoms with Crippen molar-refractivity contribution >= 4 is 5.91 Å². The fourth-order valence-electron chi connectivity index (χ4n) is 1.80. The van der Waals surface area contributed by atoms with E-state index < -0.39 is 0 Å². The van der Waals surface area contributed by atoms with E-state index in [1.165, 1.54) is 0 Å². The van der Waals surface area contributed by atoms with Gasteiger partial charge in [0.1, 0.15) is 5.82 Å². The zero-order chi connectivity index (χ0) is 14.4.